The molecule has 0 fully saturated rings. The van der Waals surface area contributed by atoms with E-state index in [9.17, 15) is 14.0 Å². The fourth-order valence-corrected chi connectivity index (χ4v) is 3.56. The van der Waals surface area contributed by atoms with E-state index in [0.29, 0.717) is 19.5 Å². The van der Waals surface area contributed by atoms with Crippen molar-refractivity contribution in [3.8, 4) is 0 Å². The number of fused-ring (bicyclic) bond motifs is 1. The van der Waals surface area contributed by atoms with Crippen molar-refractivity contribution in [2.45, 2.75) is 39.4 Å². The number of amides is 2. The maximum Gasteiger partial charge on any atom is 0.291 e. The Balaban J connectivity index is 1.44. The van der Waals surface area contributed by atoms with Crippen LogP contribution in [-0.2, 0) is 17.9 Å². The highest BCUT2D eigenvalue weighted by Crippen LogP contribution is 2.26. The fourth-order valence-electron chi connectivity index (χ4n) is 3.56. The number of carbonyl (C=O) groups excluding carboxylic acids is 2. The first kappa shape index (κ1) is 19.7. The van der Waals surface area contributed by atoms with E-state index in [1.165, 1.54) is 28.0 Å². The number of carbonyl (C=O) groups is 2. The summed E-state index contributed by atoms with van der Waals surface area (Å²) in [6.45, 7) is 4.69. The Kier molecular flexibility index (Phi) is 5.06. The minimum atomic E-state index is -0.701. The van der Waals surface area contributed by atoms with Crippen LogP contribution < -0.4 is 10.2 Å². The molecule has 156 valence electrons. The van der Waals surface area contributed by atoms with E-state index < -0.39 is 11.9 Å². The lowest BCUT2D eigenvalue weighted by Crippen LogP contribution is -2.47. The number of aryl methyl sites for hydroxylation is 2. The third kappa shape index (κ3) is 3.68. The highest BCUT2D eigenvalue weighted by molar-refractivity contribution is 6.01. The van der Waals surface area contributed by atoms with Crippen LogP contribution in [0, 0.1) is 19.7 Å². The molecule has 0 spiro atoms. The molecule has 3 heterocycles. The van der Waals surface area contributed by atoms with Gasteiger partial charge in [0.15, 0.2) is 0 Å². The van der Waals surface area contributed by atoms with Gasteiger partial charge in [-0.2, -0.15) is 5.10 Å². The van der Waals surface area contributed by atoms with E-state index in [2.05, 4.69) is 20.5 Å². The van der Waals surface area contributed by atoms with Gasteiger partial charge in [0.1, 0.15) is 24.0 Å². The predicted molar refractivity (Wildman–Crippen MR) is 107 cm³/mol. The van der Waals surface area contributed by atoms with E-state index in [1.807, 2.05) is 13.8 Å². The van der Waals surface area contributed by atoms with Gasteiger partial charge in [-0.25, -0.2) is 18.7 Å². The first-order valence-electron chi connectivity index (χ1n) is 9.60. The molecule has 10 heteroatoms. The van der Waals surface area contributed by atoms with E-state index in [1.54, 1.807) is 23.9 Å². The van der Waals surface area contributed by atoms with Crippen molar-refractivity contribution in [2.75, 3.05) is 11.9 Å². The van der Waals surface area contributed by atoms with Crippen LogP contribution in [0.4, 0.5) is 10.2 Å². The summed E-state index contributed by atoms with van der Waals surface area (Å²) in [7, 11) is 1.68. The van der Waals surface area contributed by atoms with Gasteiger partial charge in [0.05, 0.1) is 12.2 Å². The molecular weight excluding hydrogens is 389 g/mol. The van der Waals surface area contributed by atoms with Crippen molar-refractivity contribution >= 4 is 17.6 Å². The van der Waals surface area contributed by atoms with E-state index in [-0.39, 0.29) is 17.5 Å². The number of nitrogens with zero attached hydrogens (tertiary/aromatic N) is 6. The maximum absolute atomic E-state index is 13.0. The van der Waals surface area contributed by atoms with E-state index in [4.69, 9.17) is 0 Å². The van der Waals surface area contributed by atoms with Crippen LogP contribution in [0.2, 0.25) is 0 Å². The molecule has 0 saturated heterocycles. The summed E-state index contributed by atoms with van der Waals surface area (Å²) in [5, 5.41) is 11.4. The molecule has 1 aromatic carbocycles. The zero-order valence-corrected chi connectivity index (χ0v) is 17.0. The van der Waals surface area contributed by atoms with Gasteiger partial charge in [0, 0.05) is 19.2 Å². The van der Waals surface area contributed by atoms with Crippen molar-refractivity contribution in [3.05, 3.63) is 59.1 Å². The monoisotopic (exact) mass is 411 g/mol. The molecule has 30 heavy (non-hydrogen) atoms. The summed E-state index contributed by atoms with van der Waals surface area (Å²) in [5.41, 5.74) is 2.65. The molecule has 1 aliphatic rings. The lowest BCUT2D eigenvalue weighted by atomic mass is 10.2. The average molecular weight is 411 g/mol. The number of hydrogen-bond donors (Lipinski definition) is 1. The van der Waals surface area contributed by atoms with Gasteiger partial charge >= 0.3 is 0 Å². The summed E-state index contributed by atoms with van der Waals surface area (Å²) in [4.78, 5) is 31.1. The summed E-state index contributed by atoms with van der Waals surface area (Å²) in [6.07, 6.45) is 1.85. The number of likely N-dealkylation sites (N-methyl/N-ethyl adjacent to an activating group) is 1. The van der Waals surface area contributed by atoms with Crippen LogP contribution in [0.5, 0.6) is 0 Å². The molecule has 1 N–H and O–H groups in total. The lowest BCUT2D eigenvalue weighted by molar-refractivity contribution is -0.120. The molecule has 0 radical (unpaired) electrons. The number of nitrogens with one attached hydrogen (secondary N) is 1. The molecule has 0 unspecified atom stereocenters. The minimum absolute atomic E-state index is 0.0263. The summed E-state index contributed by atoms with van der Waals surface area (Å²) >= 11 is 0. The van der Waals surface area contributed by atoms with Gasteiger partial charge in [-0.05, 0) is 38.0 Å². The second-order valence-corrected chi connectivity index (χ2v) is 7.36. The van der Waals surface area contributed by atoms with Crippen molar-refractivity contribution in [2.24, 2.45) is 0 Å². The van der Waals surface area contributed by atoms with Gasteiger partial charge in [0.2, 0.25) is 5.82 Å². The Morgan fingerprint density at radius 2 is 1.97 bits per heavy atom. The Bertz CT molecular complexity index is 1100. The number of benzene rings is 1. The number of hydrogen-bond acceptors (Lipinski definition) is 5. The number of aromatic nitrogens is 5. The Labute approximate surface area is 172 Å². The van der Waals surface area contributed by atoms with Gasteiger partial charge in [-0.1, -0.05) is 12.1 Å². The minimum Gasteiger partial charge on any atom is -0.337 e. The smallest absolute Gasteiger partial charge is 0.291 e. The summed E-state index contributed by atoms with van der Waals surface area (Å²) in [5.74, 6) is -0.330. The molecule has 1 atom stereocenters. The molecule has 3 aromatic rings. The third-order valence-electron chi connectivity index (χ3n) is 5.27. The largest absolute Gasteiger partial charge is 0.337 e. The molecule has 2 amide bonds. The molecule has 1 aliphatic heterocycles. The maximum atomic E-state index is 13.0. The number of rotatable bonds is 4. The summed E-state index contributed by atoms with van der Waals surface area (Å²) < 4.78 is 16.3. The highest BCUT2D eigenvalue weighted by atomic mass is 19.1. The summed E-state index contributed by atoms with van der Waals surface area (Å²) in [6, 6.07) is 5.31. The van der Waals surface area contributed by atoms with Crippen LogP contribution in [0.3, 0.4) is 0 Å². The second-order valence-electron chi connectivity index (χ2n) is 7.36. The van der Waals surface area contributed by atoms with Crippen molar-refractivity contribution in [1.29, 1.82) is 0 Å². The Morgan fingerprint density at radius 3 is 2.70 bits per heavy atom. The Morgan fingerprint density at radius 1 is 1.23 bits per heavy atom. The standard InChI is InChI=1S/C20H22FN7O2/c1-12-13(2)24-28-9-8-16(20(30)26(3)19(12)28)23-18(29)17-22-11-27(25-17)10-14-4-6-15(21)7-5-14/h4-7,11,16H,8-10H2,1-3H3,(H,23,29)/t16-/m0/s1. The topological polar surface area (TPSA) is 97.9 Å². The predicted octanol–water partition coefficient (Wildman–Crippen LogP) is 1.44. The normalized spacial score (nSPS) is 16.3. The van der Waals surface area contributed by atoms with Crippen LogP contribution in [0.1, 0.15) is 33.9 Å². The van der Waals surface area contributed by atoms with Crippen molar-refractivity contribution in [3.63, 3.8) is 0 Å². The van der Waals surface area contributed by atoms with Gasteiger partial charge < -0.3 is 5.32 Å². The fraction of sp³-hybridized carbons (Fsp3) is 0.350. The molecular formula is C20H22FN7O2. The third-order valence-corrected chi connectivity index (χ3v) is 5.27. The highest BCUT2D eigenvalue weighted by Gasteiger charge is 2.32. The van der Waals surface area contributed by atoms with E-state index in [0.717, 1.165) is 22.6 Å². The van der Waals surface area contributed by atoms with Crippen LogP contribution in [0.25, 0.3) is 0 Å². The van der Waals surface area contributed by atoms with Crippen molar-refractivity contribution in [1.82, 2.24) is 29.9 Å². The molecule has 9 nitrogen and oxygen atoms in total. The van der Waals surface area contributed by atoms with Gasteiger partial charge in [-0.15, -0.1) is 5.10 Å². The Hall–Kier alpha value is -3.56. The van der Waals surface area contributed by atoms with E-state index >= 15 is 0 Å². The quantitative estimate of drug-likeness (QED) is 0.701. The molecule has 2 aromatic heterocycles. The number of halogens is 1. The van der Waals surface area contributed by atoms with Gasteiger partial charge in [0.25, 0.3) is 11.8 Å². The zero-order valence-electron chi connectivity index (χ0n) is 17.0. The first-order chi connectivity index (χ1) is 14.3. The zero-order chi connectivity index (χ0) is 21.4. The van der Waals surface area contributed by atoms with Crippen LogP contribution in [0.15, 0.2) is 30.6 Å². The molecule has 4 rings (SSSR count). The second kappa shape index (κ2) is 7.69. The van der Waals surface area contributed by atoms with Crippen LogP contribution >= 0.6 is 0 Å². The molecule has 0 bridgehead atoms. The van der Waals surface area contributed by atoms with Crippen LogP contribution in [-0.4, -0.2) is 49.4 Å². The van der Waals surface area contributed by atoms with Crippen molar-refractivity contribution < 1.29 is 14.0 Å². The van der Waals surface area contributed by atoms with Gasteiger partial charge in [-0.3, -0.25) is 14.5 Å². The molecule has 0 aliphatic carbocycles. The average Bonchev–Trinajstić information content (AvgIpc) is 3.27. The lowest BCUT2D eigenvalue weighted by Gasteiger charge is -2.20. The number of anilines is 1. The first-order valence-corrected chi connectivity index (χ1v) is 9.60. The SMILES string of the molecule is Cc1nn2c(c1C)N(C)C(=O)[C@@H](NC(=O)c1ncn(Cc3ccc(F)cc3)n1)CC2. The molecule has 0 saturated carbocycles.